The molecule has 1 aromatic carbocycles. The number of nitrogen functional groups attached to an aromatic ring is 1. The van der Waals surface area contributed by atoms with Gasteiger partial charge in [0.15, 0.2) is 0 Å². The summed E-state index contributed by atoms with van der Waals surface area (Å²) in [6.07, 6.45) is 2.03. The van der Waals surface area contributed by atoms with Gasteiger partial charge in [-0.1, -0.05) is 11.6 Å². The van der Waals surface area contributed by atoms with Crippen molar-refractivity contribution in [3.63, 3.8) is 0 Å². The van der Waals surface area contributed by atoms with Crippen molar-refractivity contribution in [2.45, 2.75) is 32.7 Å². The molecule has 20 heavy (non-hydrogen) atoms. The Morgan fingerprint density at radius 1 is 1.40 bits per heavy atom. The van der Waals surface area contributed by atoms with Gasteiger partial charge < -0.3 is 16.0 Å². The number of hydrogen-bond acceptors (Lipinski definition) is 3. The Morgan fingerprint density at radius 3 is 2.70 bits per heavy atom. The number of rotatable bonds is 7. The van der Waals surface area contributed by atoms with Crippen LogP contribution in [0.1, 0.15) is 37.0 Å². The predicted octanol–water partition coefficient (Wildman–Crippen LogP) is 2.77. The van der Waals surface area contributed by atoms with Crippen molar-refractivity contribution in [1.29, 1.82) is 0 Å². The SMILES string of the molecule is CC(C)N(C)CCCCNC(=O)c1ccc(N)c(Cl)c1. The zero-order chi connectivity index (χ0) is 15.1. The second-order valence-corrected chi connectivity index (χ2v) is 5.68. The number of anilines is 1. The Balaban J connectivity index is 2.28. The minimum atomic E-state index is -0.107. The fourth-order valence-corrected chi connectivity index (χ4v) is 1.90. The number of carbonyl (C=O) groups excluding carboxylic acids is 1. The number of benzene rings is 1. The van der Waals surface area contributed by atoms with Crippen molar-refractivity contribution in [2.24, 2.45) is 0 Å². The summed E-state index contributed by atoms with van der Waals surface area (Å²) in [5.74, 6) is -0.107. The summed E-state index contributed by atoms with van der Waals surface area (Å²) in [6.45, 7) is 6.06. The summed E-state index contributed by atoms with van der Waals surface area (Å²) in [6, 6.07) is 5.48. The molecule has 3 N–H and O–H groups in total. The molecule has 0 saturated heterocycles. The Hall–Kier alpha value is -1.26. The highest BCUT2D eigenvalue weighted by molar-refractivity contribution is 6.33. The van der Waals surface area contributed by atoms with Gasteiger partial charge in [0.1, 0.15) is 0 Å². The van der Waals surface area contributed by atoms with Crippen LogP contribution in [0.15, 0.2) is 18.2 Å². The molecule has 112 valence electrons. The summed E-state index contributed by atoms with van der Waals surface area (Å²) in [7, 11) is 2.11. The lowest BCUT2D eigenvalue weighted by atomic mass is 10.2. The van der Waals surface area contributed by atoms with Gasteiger partial charge in [0.25, 0.3) is 5.91 Å². The van der Waals surface area contributed by atoms with Crippen LogP contribution in [0.5, 0.6) is 0 Å². The molecule has 0 unspecified atom stereocenters. The van der Waals surface area contributed by atoms with E-state index in [1.807, 2.05) is 0 Å². The number of nitrogens with one attached hydrogen (secondary N) is 1. The van der Waals surface area contributed by atoms with E-state index in [0.717, 1.165) is 19.4 Å². The summed E-state index contributed by atoms with van der Waals surface area (Å²) in [5, 5.41) is 3.30. The van der Waals surface area contributed by atoms with Gasteiger partial charge in [-0.3, -0.25) is 4.79 Å². The molecule has 4 nitrogen and oxygen atoms in total. The molecular formula is C15H24ClN3O. The van der Waals surface area contributed by atoms with Crippen molar-refractivity contribution in [3.05, 3.63) is 28.8 Å². The fraction of sp³-hybridized carbons (Fsp3) is 0.533. The van der Waals surface area contributed by atoms with E-state index in [4.69, 9.17) is 17.3 Å². The van der Waals surface area contributed by atoms with Crippen molar-refractivity contribution >= 4 is 23.2 Å². The minimum absolute atomic E-state index is 0.107. The first-order valence-electron chi connectivity index (χ1n) is 6.95. The lowest BCUT2D eigenvalue weighted by molar-refractivity contribution is 0.0952. The van der Waals surface area contributed by atoms with Gasteiger partial charge in [0, 0.05) is 18.2 Å². The van der Waals surface area contributed by atoms with Crippen LogP contribution >= 0.6 is 11.6 Å². The van der Waals surface area contributed by atoms with Gasteiger partial charge in [-0.25, -0.2) is 0 Å². The number of nitrogens with zero attached hydrogens (tertiary/aromatic N) is 1. The van der Waals surface area contributed by atoms with Crippen LogP contribution in [0.2, 0.25) is 5.02 Å². The lowest BCUT2D eigenvalue weighted by Crippen LogP contribution is -2.29. The van der Waals surface area contributed by atoms with Gasteiger partial charge in [-0.2, -0.15) is 0 Å². The van der Waals surface area contributed by atoms with Gasteiger partial charge in [0.2, 0.25) is 0 Å². The molecule has 0 aliphatic heterocycles. The molecule has 1 aromatic rings. The average molecular weight is 298 g/mol. The molecule has 0 aromatic heterocycles. The van der Waals surface area contributed by atoms with Crippen LogP contribution in [0.4, 0.5) is 5.69 Å². The first-order chi connectivity index (χ1) is 9.41. The van der Waals surface area contributed by atoms with Crippen LogP contribution in [0.25, 0.3) is 0 Å². The standard InChI is InChI=1S/C15H24ClN3O/c1-11(2)19(3)9-5-4-8-18-15(20)12-6-7-14(17)13(16)10-12/h6-7,10-11H,4-5,8-9,17H2,1-3H3,(H,18,20). The smallest absolute Gasteiger partial charge is 0.251 e. The number of nitrogens with two attached hydrogens (primary N) is 1. The van der Waals surface area contributed by atoms with E-state index in [0.29, 0.717) is 28.9 Å². The normalized spacial score (nSPS) is 11.1. The molecule has 0 atom stereocenters. The van der Waals surface area contributed by atoms with E-state index in [1.165, 1.54) is 0 Å². The third-order valence-electron chi connectivity index (χ3n) is 3.37. The maximum absolute atomic E-state index is 11.9. The summed E-state index contributed by atoms with van der Waals surface area (Å²) in [5.41, 5.74) is 6.64. The van der Waals surface area contributed by atoms with E-state index < -0.39 is 0 Å². The number of halogens is 1. The third-order valence-corrected chi connectivity index (χ3v) is 3.69. The molecule has 1 rings (SSSR count). The molecule has 0 radical (unpaired) electrons. The van der Waals surface area contributed by atoms with E-state index in [1.54, 1.807) is 18.2 Å². The number of amides is 1. The topological polar surface area (TPSA) is 58.4 Å². The minimum Gasteiger partial charge on any atom is -0.398 e. The first kappa shape index (κ1) is 16.8. The Labute approximate surface area is 126 Å². The van der Waals surface area contributed by atoms with Gasteiger partial charge >= 0.3 is 0 Å². The highest BCUT2D eigenvalue weighted by atomic mass is 35.5. The molecule has 5 heteroatoms. The summed E-state index contributed by atoms with van der Waals surface area (Å²) in [4.78, 5) is 14.2. The molecule has 0 aliphatic rings. The number of carbonyl (C=O) groups is 1. The molecule has 0 fully saturated rings. The first-order valence-corrected chi connectivity index (χ1v) is 7.33. The van der Waals surface area contributed by atoms with Crippen molar-refractivity contribution in [3.8, 4) is 0 Å². The highest BCUT2D eigenvalue weighted by Gasteiger charge is 2.07. The number of unbranched alkanes of at least 4 members (excludes halogenated alkanes) is 1. The second kappa shape index (κ2) is 8.12. The highest BCUT2D eigenvalue weighted by Crippen LogP contribution is 2.19. The molecule has 0 saturated carbocycles. The Bertz CT molecular complexity index is 449. The number of hydrogen-bond donors (Lipinski definition) is 2. The fourth-order valence-electron chi connectivity index (χ4n) is 1.72. The van der Waals surface area contributed by atoms with Crippen LogP contribution in [-0.4, -0.2) is 37.0 Å². The largest absolute Gasteiger partial charge is 0.398 e. The van der Waals surface area contributed by atoms with E-state index in [-0.39, 0.29) is 5.91 Å². The zero-order valence-electron chi connectivity index (χ0n) is 12.4. The third kappa shape index (κ3) is 5.39. The van der Waals surface area contributed by atoms with Crippen LogP contribution in [-0.2, 0) is 0 Å². The van der Waals surface area contributed by atoms with Gasteiger partial charge in [-0.15, -0.1) is 0 Å². The van der Waals surface area contributed by atoms with E-state index >= 15 is 0 Å². The maximum atomic E-state index is 11.9. The van der Waals surface area contributed by atoms with Crippen molar-refractivity contribution in [1.82, 2.24) is 10.2 Å². The van der Waals surface area contributed by atoms with Crippen LogP contribution < -0.4 is 11.1 Å². The lowest BCUT2D eigenvalue weighted by Gasteiger charge is -2.20. The average Bonchev–Trinajstić information content (AvgIpc) is 2.40. The molecule has 0 spiro atoms. The summed E-state index contributed by atoms with van der Waals surface area (Å²) < 4.78 is 0. The molecule has 0 aliphatic carbocycles. The van der Waals surface area contributed by atoms with E-state index in [9.17, 15) is 4.79 Å². The molecule has 0 heterocycles. The monoisotopic (exact) mass is 297 g/mol. The van der Waals surface area contributed by atoms with Gasteiger partial charge in [-0.05, 0) is 58.5 Å². The van der Waals surface area contributed by atoms with Crippen molar-refractivity contribution in [2.75, 3.05) is 25.9 Å². The molecule has 0 bridgehead atoms. The van der Waals surface area contributed by atoms with E-state index in [2.05, 4.69) is 31.1 Å². The molecular weight excluding hydrogens is 274 g/mol. The quantitative estimate of drug-likeness (QED) is 0.601. The van der Waals surface area contributed by atoms with Crippen LogP contribution in [0, 0.1) is 0 Å². The Kier molecular flexibility index (Phi) is 6.82. The second-order valence-electron chi connectivity index (χ2n) is 5.27. The molecule has 1 amide bonds. The van der Waals surface area contributed by atoms with Gasteiger partial charge in [0.05, 0.1) is 10.7 Å². The predicted molar refractivity (Wildman–Crippen MR) is 85.2 cm³/mol. The zero-order valence-corrected chi connectivity index (χ0v) is 13.2. The van der Waals surface area contributed by atoms with Crippen molar-refractivity contribution < 1.29 is 4.79 Å². The Morgan fingerprint density at radius 2 is 2.10 bits per heavy atom. The van der Waals surface area contributed by atoms with Crippen LogP contribution in [0.3, 0.4) is 0 Å². The maximum Gasteiger partial charge on any atom is 0.251 e. The summed E-state index contributed by atoms with van der Waals surface area (Å²) >= 11 is 5.90.